The van der Waals surface area contributed by atoms with Crippen LogP contribution in [0.3, 0.4) is 0 Å². The predicted octanol–water partition coefficient (Wildman–Crippen LogP) is 3.13. The summed E-state index contributed by atoms with van der Waals surface area (Å²) in [6.45, 7) is 4.15. The van der Waals surface area contributed by atoms with Crippen molar-refractivity contribution in [3.8, 4) is 11.8 Å². The maximum Gasteiger partial charge on any atom is 0.509 e. The number of carbonyl (C=O) groups excluding carboxylic acids is 1. The van der Waals surface area contributed by atoms with E-state index >= 15 is 0 Å². The predicted molar refractivity (Wildman–Crippen MR) is 59.5 cm³/mol. The first kappa shape index (κ1) is 13.8. The molecular weight excluding hydrogens is 192 g/mol. The van der Waals surface area contributed by atoms with Gasteiger partial charge in [0, 0.05) is 6.42 Å². The lowest BCUT2D eigenvalue weighted by Gasteiger charge is -2.09. The van der Waals surface area contributed by atoms with Gasteiger partial charge in [-0.05, 0) is 12.8 Å². The average Bonchev–Trinajstić information content (AvgIpc) is 2.24. The first-order chi connectivity index (χ1) is 7.24. The lowest BCUT2D eigenvalue weighted by atomic mass is 10.2. The van der Waals surface area contributed by atoms with Crippen molar-refractivity contribution in [2.75, 3.05) is 7.11 Å². The summed E-state index contributed by atoms with van der Waals surface area (Å²) in [7, 11) is 1.30. The van der Waals surface area contributed by atoms with Crippen LogP contribution in [0.4, 0.5) is 4.79 Å². The number of hydrogen-bond donors (Lipinski definition) is 0. The second kappa shape index (κ2) is 9.39. The van der Waals surface area contributed by atoms with Gasteiger partial charge in [0.05, 0.1) is 7.11 Å². The first-order valence-electron chi connectivity index (χ1n) is 5.47. The monoisotopic (exact) mass is 212 g/mol. The molecule has 0 spiro atoms. The molecule has 0 aromatic carbocycles. The van der Waals surface area contributed by atoms with E-state index in [0.29, 0.717) is 0 Å². The van der Waals surface area contributed by atoms with Gasteiger partial charge in [-0.3, -0.25) is 0 Å². The quantitative estimate of drug-likeness (QED) is 0.399. The number of unbranched alkanes of at least 4 members (excludes halogenated alkanes) is 2. The third kappa shape index (κ3) is 7.87. The maximum atomic E-state index is 10.9. The number of carbonyl (C=O) groups is 1. The zero-order valence-corrected chi connectivity index (χ0v) is 9.84. The van der Waals surface area contributed by atoms with Gasteiger partial charge in [-0.15, -0.1) is 0 Å². The van der Waals surface area contributed by atoms with Crippen molar-refractivity contribution in [1.29, 1.82) is 0 Å². The molecular formula is C12H20O3. The topological polar surface area (TPSA) is 35.5 Å². The number of ether oxygens (including phenoxy) is 2. The Hall–Kier alpha value is -1.17. The molecule has 0 heterocycles. The van der Waals surface area contributed by atoms with E-state index in [9.17, 15) is 4.79 Å². The minimum atomic E-state index is -0.654. The van der Waals surface area contributed by atoms with E-state index in [1.807, 2.05) is 6.92 Å². The van der Waals surface area contributed by atoms with E-state index in [4.69, 9.17) is 4.74 Å². The first-order valence-corrected chi connectivity index (χ1v) is 5.47. The fourth-order valence-corrected chi connectivity index (χ4v) is 1.04. The smallest absolute Gasteiger partial charge is 0.438 e. The molecule has 0 fully saturated rings. The van der Waals surface area contributed by atoms with Crippen molar-refractivity contribution in [2.45, 2.75) is 52.1 Å². The second-order valence-corrected chi connectivity index (χ2v) is 3.27. The van der Waals surface area contributed by atoms with Gasteiger partial charge in [0.2, 0.25) is 0 Å². The van der Waals surface area contributed by atoms with Crippen molar-refractivity contribution >= 4 is 6.16 Å². The molecule has 1 atom stereocenters. The van der Waals surface area contributed by atoms with Gasteiger partial charge in [-0.1, -0.05) is 38.5 Å². The highest BCUT2D eigenvalue weighted by Gasteiger charge is 2.10. The Kier molecular flexibility index (Phi) is 8.66. The van der Waals surface area contributed by atoms with Crippen molar-refractivity contribution < 1.29 is 14.3 Å². The molecule has 0 rings (SSSR count). The Morgan fingerprint density at radius 2 is 2.07 bits per heavy atom. The van der Waals surface area contributed by atoms with Gasteiger partial charge in [0.1, 0.15) is 0 Å². The Bertz CT molecular complexity index is 225. The van der Waals surface area contributed by atoms with E-state index < -0.39 is 6.16 Å². The summed E-state index contributed by atoms with van der Waals surface area (Å²) in [5, 5.41) is 0. The summed E-state index contributed by atoms with van der Waals surface area (Å²) < 4.78 is 9.41. The van der Waals surface area contributed by atoms with Gasteiger partial charge in [0.25, 0.3) is 0 Å². The van der Waals surface area contributed by atoms with Gasteiger partial charge in [0.15, 0.2) is 6.10 Å². The average molecular weight is 212 g/mol. The molecule has 0 radical (unpaired) electrons. The number of methoxy groups -OCH3 is 1. The Balaban J connectivity index is 4.00. The molecule has 3 nitrogen and oxygen atoms in total. The third-order valence-corrected chi connectivity index (χ3v) is 1.87. The molecule has 86 valence electrons. The van der Waals surface area contributed by atoms with Crippen molar-refractivity contribution in [2.24, 2.45) is 0 Å². The Morgan fingerprint density at radius 3 is 2.60 bits per heavy atom. The van der Waals surface area contributed by atoms with Crippen molar-refractivity contribution in [1.82, 2.24) is 0 Å². The third-order valence-electron chi connectivity index (χ3n) is 1.87. The molecule has 0 bridgehead atoms. The number of hydrogen-bond acceptors (Lipinski definition) is 3. The lowest BCUT2D eigenvalue weighted by Crippen LogP contribution is -2.16. The van der Waals surface area contributed by atoms with Crippen LogP contribution in [0.2, 0.25) is 0 Å². The lowest BCUT2D eigenvalue weighted by molar-refractivity contribution is 0.0527. The highest BCUT2D eigenvalue weighted by atomic mass is 16.7. The van der Waals surface area contributed by atoms with Crippen LogP contribution >= 0.6 is 0 Å². The summed E-state index contributed by atoms with van der Waals surface area (Å²) in [6, 6.07) is 0. The van der Waals surface area contributed by atoms with Crippen LogP contribution < -0.4 is 0 Å². The zero-order valence-electron chi connectivity index (χ0n) is 9.84. The summed E-state index contributed by atoms with van der Waals surface area (Å²) in [6.07, 6.45) is 3.80. The highest BCUT2D eigenvalue weighted by Crippen LogP contribution is 2.03. The van der Waals surface area contributed by atoms with Gasteiger partial charge < -0.3 is 9.47 Å². The maximum absolute atomic E-state index is 10.9. The fraction of sp³-hybridized carbons (Fsp3) is 0.750. The molecule has 1 unspecified atom stereocenters. The van der Waals surface area contributed by atoms with E-state index in [1.165, 1.54) is 7.11 Å². The van der Waals surface area contributed by atoms with Gasteiger partial charge in [-0.25, -0.2) is 4.79 Å². The molecule has 0 aliphatic carbocycles. The molecule has 15 heavy (non-hydrogen) atoms. The molecule has 0 aromatic heterocycles. The highest BCUT2D eigenvalue weighted by molar-refractivity contribution is 5.60. The van der Waals surface area contributed by atoms with E-state index in [1.54, 1.807) is 0 Å². The van der Waals surface area contributed by atoms with Crippen molar-refractivity contribution in [3.05, 3.63) is 0 Å². The zero-order chi connectivity index (χ0) is 11.5. The fourth-order valence-electron chi connectivity index (χ4n) is 1.04. The normalized spacial score (nSPS) is 11.1. The van der Waals surface area contributed by atoms with Crippen LogP contribution in [-0.4, -0.2) is 19.4 Å². The largest absolute Gasteiger partial charge is 0.509 e. The van der Waals surface area contributed by atoms with Crippen LogP contribution in [0, 0.1) is 11.8 Å². The molecule has 3 heteroatoms. The molecule has 0 saturated carbocycles. The minimum absolute atomic E-state index is 0.320. The van der Waals surface area contributed by atoms with E-state index in [2.05, 4.69) is 23.5 Å². The van der Waals surface area contributed by atoms with Crippen LogP contribution in [-0.2, 0) is 9.47 Å². The summed E-state index contributed by atoms with van der Waals surface area (Å²) in [4.78, 5) is 10.9. The molecule has 0 amide bonds. The second-order valence-electron chi connectivity index (χ2n) is 3.27. The SMILES string of the molecule is CCCCC#CC(CCC)OC(=O)OC. The molecule has 0 aromatic rings. The van der Waals surface area contributed by atoms with Gasteiger partial charge in [-0.2, -0.15) is 0 Å². The standard InChI is InChI=1S/C12H20O3/c1-4-6-7-8-10-11(9-5-2)15-12(13)14-3/h11H,4-7,9H2,1-3H3. The van der Waals surface area contributed by atoms with Crippen LogP contribution in [0.1, 0.15) is 46.0 Å². The number of rotatable bonds is 5. The molecule has 0 saturated heterocycles. The molecule has 0 N–H and O–H groups in total. The van der Waals surface area contributed by atoms with Crippen LogP contribution in [0.15, 0.2) is 0 Å². The van der Waals surface area contributed by atoms with E-state index in [0.717, 1.165) is 32.1 Å². The summed E-state index contributed by atoms with van der Waals surface area (Å²) in [5.74, 6) is 5.97. The molecule has 0 aliphatic heterocycles. The Labute approximate surface area is 92.1 Å². The summed E-state index contributed by atoms with van der Waals surface area (Å²) >= 11 is 0. The Morgan fingerprint density at radius 1 is 1.33 bits per heavy atom. The van der Waals surface area contributed by atoms with Gasteiger partial charge >= 0.3 is 6.16 Å². The van der Waals surface area contributed by atoms with Crippen LogP contribution in [0.25, 0.3) is 0 Å². The van der Waals surface area contributed by atoms with Crippen molar-refractivity contribution in [3.63, 3.8) is 0 Å². The van der Waals surface area contributed by atoms with E-state index in [-0.39, 0.29) is 6.10 Å². The molecule has 0 aliphatic rings. The summed E-state index contributed by atoms with van der Waals surface area (Å²) in [5.41, 5.74) is 0. The van der Waals surface area contributed by atoms with Crippen LogP contribution in [0.5, 0.6) is 0 Å². The minimum Gasteiger partial charge on any atom is -0.438 e.